The van der Waals surface area contributed by atoms with Gasteiger partial charge in [-0.2, -0.15) is 0 Å². The lowest BCUT2D eigenvalue weighted by Crippen LogP contribution is -2.61. The summed E-state index contributed by atoms with van der Waals surface area (Å²) in [4.78, 5) is 46.7. The van der Waals surface area contributed by atoms with E-state index in [2.05, 4.69) is 20.9 Å². The molecule has 11 heteroatoms. The molecule has 2 heterocycles. The molecule has 6 rings (SSSR count). The fourth-order valence-electron chi connectivity index (χ4n) is 7.81. The van der Waals surface area contributed by atoms with E-state index in [1.807, 2.05) is 66.5 Å². The van der Waals surface area contributed by atoms with E-state index in [1.165, 1.54) is 6.42 Å². The van der Waals surface area contributed by atoms with Gasteiger partial charge in [-0.15, -0.1) is 0 Å². The Bertz CT molecular complexity index is 1590. The molecule has 266 valence electrons. The average Bonchev–Trinajstić information content (AvgIpc) is 3.39. The summed E-state index contributed by atoms with van der Waals surface area (Å²) >= 11 is 6.14. The van der Waals surface area contributed by atoms with Crippen LogP contribution in [0.1, 0.15) is 66.4 Å². The van der Waals surface area contributed by atoms with Gasteiger partial charge >= 0.3 is 0 Å². The van der Waals surface area contributed by atoms with Crippen molar-refractivity contribution in [2.75, 3.05) is 38.3 Å². The predicted octanol–water partition coefficient (Wildman–Crippen LogP) is 4.31. The van der Waals surface area contributed by atoms with Crippen molar-refractivity contribution in [2.24, 2.45) is 0 Å². The number of aliphatic hydroxyl groups is 1. The Hall–Kier alpha value is -3.96. The van der Waals surface area contributed by atoms with E-state index in [9.17, 15) is 19.5 Å². The van der Waals surface area contributed by atoms with Crippen LogP contribution in [0.15, 0.2) is 78.9 Å². The SMILES string of the molecule is CNCc1ccc(C(=O)NC(Cc2ccc(Cl)cc2)C(=O)N2CCC3(CC2)C(O)N(CC(=O)NC2CCCCC2)CN3c2ccccc2)cc1. The summed E-state index contributed by atoms with van der Waals surface area (Å²) in [5, 5.41) is 21.9. The predicted molar refractivity (Wildman–Crippen MR) is 196 cm³/mol. The number of amides is 3. The molecule has 0 radical (unpaired) electrons. The van der Waals surface area contributed by atoms with Crippen LogP contribution in [0.25, 0.3) is 0 Å². The second-order valence-electron chi connectivity index (χ2n) is 13.9. The van der Waals surface area contributed by atoms with E-state index < -0.39 is 17.8 Å². The van der Waals surface area contributed by atoms with Gasteiger partial charge in [0, 0.05) is 48.4 Å². The number of hydrogen-bond donors (Lipinski definition) is 4. The van der Waals surface area contributed by atoms with Gasteiger partial charge in [-0.3, -0.25) is 14.4 Å². The van der Waals surface area contributed by atoms with E-state index >= 15 is 0 Å². The van der Waals surface area contributed by atoms with E-state index in [-0.39, 0.29) is 30.3 Å². The van der Waals surface area contributed by atoms with Crippen LogP contribution in [0.2, 0.25) is 5.02 Å². The van der Waals surface area contributed by atoms with Gasteiger partial charge in [0.25, 0.3) is 5.91 Å². The maximum Gasteiger partial charge on any atom is 0.251 e. The zero-order valence-electron chi connectivity index (χ0n) is 28.8. The first-order valence-electron chi connectivity index (χ1n) is 17.9. The molecule has 4 N–H and O–H groups in total. The van der Waals surface area contributed by atoms with Crippen LogP contribution in [-0.2, 0) is 22.6 Å². The first-order chi connectivity index (χ1) is 24.3. The van der Waals surface area contributed by atoms with Gasteiger partial charge in [-0.1, -0.05) is 73.3 Å². The maximum atomic E-state index is 14.2. The molecule has 2 atom stereocenters. The molecular weight excluding hydrogens is 652 g/mol. The number of halogens is 1. The lowest BCUT2D eigenvalue weighted by Gasteiger charge is -2.47. The van der Waals surface area contributed by atoms with Gasteiger partial charge in [0.05, 0.1) is 18.8 Å². The Labute approximate surface area is 300 Å². The number of carbonyl (C=O) groups excluding carboxylic acids is 3. The first kappa shape index (κ1) is 35.9. The minimum Gasteiger partial charge on any atom is -0.376 e. The number of para-hydroxylation sites is 1. The Balaban J connectivity index is 1.17. The molecule has 3 fully saturated rings. The van der Waals surface area contributed by atoms with Gasteiger partial charge < -0.3 is 30.9 Å². The zero-order valence-corrected chi connectivity index (χ0v) is 29.6. The number of benzene rings is 3. The molecule has 10 nitrogen and oxygen atoms in total. The van der Waals surface area contributed by atoms with Crippen LogP contribution in [0.5, 0.6) is 0 Å². The van der Waals surface area contributed by atoms with E-state index in [4.69, 9.17) is 11.6 Å². The fraction of sp³-hybridized carbons (Fsp3) is 0.462. The molecule has 2 saturated heterocycles. The van der Waals surface area contributed by atoms with Gasteiger partial charge in [0.15, 0.2) is 0 Å². The summed E-state index contributed by atoms with van der Waals surface area (Å²) in [6.07, 6.45) is 5.90. The molecular formula is C39H49ClN6O4. The Morgan fingerprint density at radius 1 is 0.900 bits per heavy atom. The summed E-state index contributed by atoms with van der Waals surface area (Å²) in [6.45, 7) is 1.99. The third-order valence-corrected chi connectivity index (χ3v) is 10.8. The lowest BCUT2D eigenvalue weighted by molar-refractivity contribution is -0.136. The Kier molecular flexibility index (Phi) is 11.7. The molecule has 1 aliphatic carbocycles. The normalized spacial score (nSPS) is 20.1. The van der Waals surface area contributed by atoms with Crippen molar-refractivity contribution in [3.8, 4) is 0 Å². The highest BCUT2D eigenvalue weighted by Gasteiger charge is 2.54. The average molecular weight is 701 g/mol. The largest absolute Gasteiger partial charge is 0.376 e. The molecule has 2 unspecified atom stereocenters. The summed E-state index contributed by atoms with van der Waals surface area (Å²) in [5.74, 6) is -0.547. The second-order valence-corrected chi connectivity index (χ2v) is 14.4. The maximum absolute atomic E-state index is 14.2. The second kappa shape index (κ2) is 16.4. The molecule has 2 aliphatic heterocycles. The number of hydrogen-bond acceptors (Lipinski definition) is 7. The quantitative estimate of drug-likeness (QED) is 0.236. The van der Waals surface area contributed by atoms with Gasteiger partial charge in [0.2, 0.25) is 11.8 Å². The van der Waals surface area contributed by atoms with Crippen LogP contribution < -0.4 is 20.9 Å². The van der Waals surface area contributed by atoms with Crippen molar-refractivity contribution < 1.29 is 19.5 Å². The van der Waals surface area contributed by atoms with Crippen molar-refractivity contribution in [2.45, 2.75) is 81.8 Å². The molecule has 1 spiro atoms. The minimum atomic E-state index is -0.896. The number of nitrogens with zero attached hydrogens (tertiary/aromatic N) is 3. The van der Waals surface area contributed by atoms with Crippen LogP contribution >= 0.6 is 11.6 Å². The fourth-order valence-corrected chi connectivity index (χ4v) is 7.93. The number of carbonyl (C=O) groups is 3. The van der Waals surface area contributed by atoms with Gasteiger partial charge in [-0.25, -0.2) is 4.90 Å². The standard InChI is InChI=1S/C39H49ClN6O4/c1-41-25-29-12-16-30(17-13-29)36(48)43-34(24-28-14-18-31(40)19-15-28)37(49)44-22-20-39(21-23-44)38(50)45(27-46(39)33-10-6-3-7-11-33)26-35(47)42-32-8-4-2-5-9-32/h3,6-7,10-19,32,34,38,41,50H,2,4-5,8-9,20-27H2,1H3,(H,42,47)(H,43,48). The van der Waals surface area contributed by atoms with Crippen LogP contribution in [-0.4, -0.2) is 89.8 Å². The van der Waals surface area contributed by atoms with Crippen molar-refractivity contribution in [1.82, 2.24) is 25.8 Å². The first-order valence-corrected chi connectivity index (χ1v) is 18.3. The van der Waals surface area contributed by atoms with E-state index in [0.29, 0.717) is 56.2 Å². The third-order valence-electron chi connectivity index (χ3n) is 10.6. The smallest absolute Gasteiger partial charge is 0.251 e. The summed E-state index contributed by atoms with van der Waals surface area (Å²) in [5.41, 5.74) is 2.70. The van der Waals surface area contributed by atoms with Crippen LogP contribution in [0.3, 0.4) is 0 Å². The van der Waals surface area contributed by atoms with Crippen molar-refractivity contribution in [3.05, 3.63) is 101 Å². The number of rotatable bonds is 11. The van der Waals surface area contributed by atoms with Crippen molar-refractivity contribution >= 4 is 35.0 Å². The highest BCUT2D eigenvalue weighted by molar-refractivity contribution is 6.30. The lowest BCUT2D eigenvalue weighted by atomic mass is 9.84. The third kappa shape index (κ3) is 8.32. The van der Waals surface area contributed by atoms with Crippen LogP contribution in [0.4, 0.5) is 5.69 Å². The highest BCUT2D eigenvalue weighted by atomic mass is 35.5. The number of nitrogens with one attached hydrogen (secondary N) is 3. The summed E-state index contributed by atoms with van der Waals surface area (Å²) in [7, 11) is 1.87. The number of likely N-dealkylation sites (tertiary alicyclic amines) is 1. The van der Waals surface area contributed by atoms with E-state index in [1.54, 1.807) is 29.2 Å². The Morgan fingerprint density at radius 3 is 2.22 bits per heavy atom. The zero-order chi connectivity index (χ0) is 35.1. The highest BCUT2D eigenvalue weighted by Crippen LogP contribution is 2.42. The molecule has 1 saturated carbocycles. The summed E-state index contributed by atoms with van der Waals surface area (Å²) in [6, 6.07) is 24.0. The number of aliphatic hydroxyl groups excluding tert-OH is 1. The molecule has 3 aliphatic rings. The Morgan fingerprint density at radius 2 is 1.56 bits per heavy atom. The minimum absolute atomic E-state index is 0.0638. The number of anilines is 1. The van der Waals surface area contributed by atoms with Gasteiger partial charge in [-0.05, 0) is 80.3 Å². The molecule has 0 aromatic heterocycles. The molecule has 0 bridgehead atoms. The van der Waals surface area contributed by atoms with Crippen molar-refractivity contribution in [3.63, 3.8) is 0 Å². The molecule has 50 heavy (non-hydrogen) atoms. The molecule has 3 amide bonds. The topological polar surface area (TPSA) is 117 Å². The van der Waals surface area contributed by atoms with E-state index in [0.717, 1.165) is 42.5 Å². The van der Waals surface area contributed by atoms with Crippen LogP contribution in [0, 0.1) is 0 Å². The monoisotopic (exact) mass is 700 g/mol. The molecule has 3 aromatic carbocycles. The number of piperidine rings is 1. The summed E-state index contributed by atoms with van der Waals surface area (Å²) < 4.78 is 0. The van der Waals surface area contributed by atoms with Gasteiger partial charge in [0.1, 0.15) is 12.3 Å². The molecule has 3 aromatic rings. The van der Waals surface area contributed by atoms with Crippen molar-refractivity contribution in [1.29, 1.82) is 0 Å².